The minimum atomic E-state index is -1.38. The first-order valence-corrected chi connectivity index (χ1v) is 9.21. The first kappa shape index (κ1) is 17.1. The van der Waals surface area contributed by atoms with Crippen LogP contribution in [-0.4, -0.2) is 51.1 Å². The number of hydrogen-bond donors (Lipinski definition) is 4. The molecule has 0 spiro atoms. The van der Waals surface area contributed by atoms with Gasteiger partial charge < -0.3 is 29.9 Å². The summed E-state index contributed by atoms with van der Waals surface area (Å²) in [6.45, 7) is 1.61. The smallest absolute Gasteiger partial charge is 0.229 e. The van der Waals surface area contributed by atoms with Crippen molar-refractivity contribution in [2.45, 2.75) is 82.1 Å². The van der Waals surface area contributed by atoms with Crippen LogP contribution in [0.1, 0.15) is 55.2 Å². The summed E-state index contributed by atoms with van der Waals surface area (Å²) in [5.74, 6) is 0.921. The van der Waals surface area contributed by atoms with E-state index in [-0.39, 0.29) is 5.75 Å². The van der Waals surface area contributed by atoms with Crippen molar-refractivity contribution >= 4 is 0 Å². The highest BCUT2D eigenvalue weighted by Gasteiger charge is 2.44. The highest BCUT2D eigenvalue weighted by Crippen LogP contribution is 2.48. The molecule has 1 heterocycles. The molecule has 0 amide bonds. The van der Waals surface area contributed by atoms with Gasteiger partial charge in [0.2, 0.25) is 6.29 Å². The number of aryl methyl sites for hydroxylation is 1. The number of aliphatic hydroxyl groups is 3. The van der Waals surface area contributed by atoms with E-state index in [0.29, 0.717) is 11.7 Å². The normalized spacial score (nSPS) is 37.4. The number of aliphatic hydroxyl groups excluding tert-OH is 3. The van der Waals surface area contributed by atoms with Gasteiger partial charge in [-0.15, -0.1) is 0 Å². The van der Waals surface area contributed by atoms with E-state index in [0.717, 1.165) is 44.1 Å². The highest BCUT2D eigenvalue weighted by atomic mass is 16.7. The number of phenols is 1. The Morgan fingerprint density at radius 3 is 2.52 bits per heavy atom. The van der Waals surface area contributed by atoms with E-state index in [1.807, 2.05) is 0 Å². The summed E-state index contributed by atoms with van der Waals surface area (Å²) >= 11 is 0. The molecule has 6 atom stereocenters. The molecule has 1 aliphatic heterocycles. The van der Waals surface area contributed by atoms with Gasteiger partial charge in [-0.05, 0) is 68.6 Å². The SMILES string of the molecule is C[C@@H]1OC(Oc2c(O)cc3c4c2CCCC4CCC3)[C@@H](O)[C@H](O)[C@@H]1O. The number of hydrogen-bond acceptors (Lipinski definition) is 6. The second-order valence-corrected chi connectivity index (χ2v) is 7.56. The third-order valence-electron chi connectivity index (χ3n) is 5.92. The third-order valence-corrected chi connectivity index (χ3v) is 5.92. The Bertz CT molecular complexity index is 658. The van der Waals surface area contributed by atoms with E-state index >= 15 is 0 Å². The van der Waals surface area contributed by atoms with E-state index in [1.165, 1.54) is 11.1 Å². The molecular formula is C19H26O6. The molecule has 4 rings (SSSR count). The standard InChI is InChI=1S/C19H26O6/c1-9-15(21)16(22)17(23)19(24-9)25-18-12-7-3-5-10-4-2-6-11(14(10)12)8-13(18)20/h8-10,15-17,19-23H,2-7H2,1H3/t9-,10?,15+,16+,17-,19?/m0/s1. The lowest BCUT2D eigenvalue weighted by molar-refractivity contribution is -0.268. The van der Waals surface area contributed by atoms with Crippen molar-refractivity contribution in [2.24, 2.45) is 0 Å². The molecule has 25 heavy (non-hydrogen) atoms. The van der Waals surface area contributed by atoms with Crippen molar-refractivity contribution in [3.05, 3.63) is 22.8 Å². The maximum atomic E-state index is 10.5. The summed E-state index contributed by atoms with van der Waals surface area (Å²) in [5, 5.41) is 40.5. The van der Waals surface area contributed by atoms with Crippen LogP contribution in [0.2, 0.25) is 0 Å². The Balaban J connectivity index is 1.68. The van der Waals surface area contributed by atoms with Crippen LogP contribution in [0.3, 0.4) is 0 Å². The van der Waals surface area contributed by atoms with Crippen LogP contribution < -0.4 is 4.74 Å². The molecule has 3 aliphatic rings. The number of phenolic OH excluding ortho intramolecular Hbond substituents is 1. The first-order chi connectivity index (χ1) is 12.0. The van der Waals surface area contributed by atoms with Gasteiger partial charge in [0.1, 0.15) is 18.3 Å². The predicted octanol–water partition coefficient (Wildman–Crippen LogP) is 1.35. The summed E-state index contributed by atoms with van der Waals surface area (Å²) in [6.07, 6.45) is 0.600. The van der Waals surface area contributed by atoms with E-state index in [4.69, 9.17) is 9.47 Å². The van der Waals surface area contributed by atoms with E-state index < -0.39 is 30.7 Å². The molecule has 2 aliphatic carbocycles. The highest BCUT2D eigenvalue weighted by molar-refractivity contribution is 5.56. The van der Waals surface area contributed by atoms with Gasteiger partial charge >= 0.3 is 0 Å². The van der Waals surface area contributed by atoms with E-state index in [9.17, 15) is 20.4 Å². The molecule has 6 heteroatoms. The molecule has 138 valence electrons. The second-order valence-electron chi connectivity index (χ2n) is 7.56. The summed E-state index contributed by atoms with van der Waals surface area (Å²) in [5.41, 5.74) is 3.50. The van der Waals surface area contributed by atoms with Crippen molar-refractivity contribution in [1.29, 1.82) is 0 Å². The lowest BCUT2D eigenvalue weighted by Gasteiger charge is -2.40. The molecule has 1 fully saturated rings. The average Bonchev–Trinajstić information content (AvgIpc) is 2.61. The molecular weight excluding hydrogens is 324 g/mol. The first-order valence-electron chi connectivity index (χ1n) is 9.21. The molecule has 0 bridgehead atoms. The van der Waals surface area contributed by atoms with Crippen molar-refractivity contribution in [3.63, 3.8) is 0 Å². The van der Waals surface area contributed by atoms with E-state index in [1.54, 1.807) is 13.0 Å². The van der Waals surface area contributed by atoms with Crippen molar-refractivity contribution in [2.75, 3.05) is 0 Å². The quantitative estimate of drug-likeness (QED) is 0.643. The van der Waals surface area contributed by atoms with Crippen LogP contribution in [0.5, 0.6) is 11.5 Å². The van der Waals surface area contributed by atoms with Gasteiger partial charge in [-0.25, -0.2) is 0 Å². The summed E-state index contributed by atoms with van der Waals surface area (Å²) in [7, 11) is 0. The Hall–Kier alpha value is -1.34. The fourth-order valence-corrected chi connectivity index (χ4v) is 4.60. The molecule has 2 unspecified atom stereocenters. The Labute approximate surface area is 147 Å². The monoisotopic (exact) mass is 350 g/mol. The third kappa shape index (κ3) is 2.81. The Morgan fingerprint density at radius 1 is 1.04 bits per heavy atom. The zero-order chi connectivity index (χ0) is 17.7. The summed E-state index contributed by atoms with van der Waals surface area (Å²) in [6, 6.07) is 1.77. The van der Waals surface area contributed by atoms with Crippen molar-refractivity contribution in [1.82, 2.24) is 0 Å². The van der Waals surface area contributed by atoms with Gasteiger partial charge in [0.25, 0.3) is 0 Å². The lowest BCUT2D eigenvalue weighted by atomic mass is 9.73. The van der Waals surface area contributed by atoms with Gasteiger partial charge in [0.15, 0.2) is 11.5 Å². The van der Waals surface area contributed by atoms with Crippen LogP contribution in [0, 0.1) is 0 Å². The molecule has 1 aromatic carbocycles. The number of rotatable bonds is 2. The summed E-state index contributed by atoms with van der Waals surface area (Å²) < 4.78 is 11.4. The largest absolute Gasteiger partial charge is 0.504 e. The fraction of sp³-hybridized carbons (Fsp3) is 0.684. The topological polar surface area (TPSA) is 99.4 Å². The molecule has 6 nitrogen and oxygen atoms in total. The molecule has 1 saturated heterocycles. The van der Waals surface area contributed by atoms with Gasteiger partial charge in [-0.2, -0.15) is 0 Å². The molecule has 0 radical (unpaired) electrons. The number of ether oxygens (including phenoxy) is 2. The van der Waals surface area contributed by atoms with E-state index in [2.05, 4.69) is 0 Å². The number of benzene rings is 1. The molecule has 1 aromatic rings. The van der Waals surface area contributed by atoms with Crippen LogP contribution in [0.15, 0.2) is 6.07 Å². The van der Waals surface area contributed by atoms with Gasteiger partial charge in [-0.3, -0.25) is 0 Å². The fourth-order valence-electron chi connectivity index (χ4n) is 4.60. The Morgan fingerprint density at radius 2 is 1.76 bits per heavy atom. The maximum Gasteiger partial charge on any atom is 0.229 e. The molecule has 4 N–H and O–H groups in total. The van der Waals surface area contributed by atoms with Crippen LogP contribution in [0.25, 0.3) is 0 Å². The van der Waals surface area contributed by atoms with Crippen LogP contribution >= 0.6 is 0 Å². The Kier molecular flexibility index (Phi) is 4.40. The molecule has 0 saturated carbocycles. The van der Waals surface area contributed by atoms with Crippen LogP contribution in [-0.2, 0) is 17.6 Å². The van der Waals surface area contributed by atoms with Gasteiger partial charge in [0, 0.05) is 5.56 Å². The van der Waals surface area contributed by atoms with Crippen LogP contribution in [0.4, 0.5) is 0 Å². The number of aromatic hydroxyl groups is 1. The van der Waals surface area contributed by atoms with Crippen molar-refractivity contribution in [3.8, 4) is 11.5 Å². The van der Waals surface area contributed by atoms with Crippen molar-refractivity contribution < 1.29 is 29.9 Å². The zero-order valence-electron chi connectivity index (χ0n) is 14.4. The summed E-state index contributed by atoms with van der Waals surface area (Å²) in [4.78, 5) is 0. The lowest BCUT2D eigenvalue weighted by Crippen LogP contribution is -2.58. The maximum absolute atomic E-state index is 10.5. The average molecular weight is 350 g/mol. The molecule has 0 aromatic heterocycles. The minimum Gasteiger partial charge on any atom is -0.504 e. The minimum absolute atomic E-state index is 0.0559. The predicted molar refractivity (Wildman–Crippen MR) is 89.7 cm³/mol. The zero-order valence-corrected chi connectivity index (χ0v) is 14.4. The second kappa shape index (κ2) is 6.43. The van der Waals surface area contributed by atoms with Gasteiger partial charge in [-0.1, -0.05) is 0 Å². The van der Waals surface area contributed by atoms with Gasteiger partial charge in [0.05, 0.1) is 6.10 Å².